The maximum absolute atomic E-state index is 13.1. The van der Waals surface area contributed by atoms with Crippen molar-refractivity contribution in [1.82, 2.24) is 4.31 Å². The van der Waals surface area contributed by atoms with Crippen LogP contribution < -0.4 is 4.72 Å². The minimum Gasteiger partial charge on any atom is -0.465 e. The fraction of sp³-hybridized carbons (Fsp3) is 0.300. The summed E-state index contributed by atoms with van der Waals surface area (Å²) in [5.74, 6) is -1.74. The van der Waals surface area contributed by atoms with Gasteiger partial charge < -0.3 is 14.2 Å². The highest BCUT2D eigenvalue weighted by molar-refractivity contribution is 7.92. The van der Waals surface area contributed by atoms with Crippen LogP contribution in [0.2, 0.25) is 0 Å². The molecule has 0 bridgehead atoms. The summed E-state index contributed by atoms with van der Waals surface area (Å²) in [5, 5.41) is 0. The topological polar surface area (TPSA) is 145 Å². The Labute approximate surface area is 191 Å². The first kappa shape index (κ1) is 24.6. The number of nitrogens with one attached hydrogen (secondary N) is 1. The maximum atomic E-state index is 13.1. The van der Waals surface area contributed by atoms with Gasteiger partial charge >= 0.3 is 11.9 Å². The number of nitrogens with zero attached hydrogens (tertiary/aromatic N) is 1. The standard InChI is InChI=1S/C20H22N2O9S2/c1-29-19(23)14-6-7-17(20(24)30-2)18(12-14)32(25,26)21-15-4-3-5-16(13-15)33(27,28)22-8-10-31-11-9-22/h3-7,12-13,21H,8-11H2,1-2H3. The van der Waals surface area contributed by atoms with E-state index < -0.39 is 36.9 Å². The van der Waals surface area contributed by atoms with E-state index in [1.54, 1.807) is 0 Å². The highest BCUT2D eigenvalue weighted by Gasteiger charge is 2.28. The molecule has 13 heteroatoms. The third-order valence-corrected chi connectivity index (χ3v) is 8.11. The lowest BCUT2D eigenvalue weighted by Gasteiger charge is -2.26. The molecule has 1 saturated heterocycles. The molecule has 1 N–H and O–H groups in total. The van der Waals surface area contributed by atoms with Gasteiger partial charge in [0.1, 0.15) is 4.90 Å². The molecule has 3 rings (SSSR count). The summed E-state index contributed by atoms with van der Waals surface area (Å²) in [6.07, 6.45) is 0. The van der Waals surface area contributed by atoms with Crippen LogP contribution >= 0.6 is 0 Å². The van der Waals surface area contributed by atoms with Crippen LogP contribution in [-0.2, 0) is 34.3 Å². The van der Waals surface area contributed by atoms with Crippen molar-refractivity contribution in [1.29, 1.82) is 0 Å². The molecule has 0 unspecified atom stereocenters. The normalized spacial score (nSPS) is 15.0. The van der Waals surface area contributed by atoms with E-state index in [1.807, 2.05) is 0 Å². The number of methoxy groups -OCH3 is 2. The molecule has 1 aliphatic rings. The fourth-order valence-electron chi connectivity index (χ4n) is 3.13. The Kier molecular flexibility index (Phi) is 7.37. The van der Waals surface area contributed by atoms with Crippen molar-refractivity contribution >= 4 is 37.7 Å². The van der Waals surface area contributed by atoms with Crippen molar-refractivity contribution in [3.8, 4) is 0 Å². The number of anilines is 1. The summed E-state index contributed by atoms with van der Waals surface area (Å²) < 4.78 is 70.0. The molecule has 2 aromatic carbocycles. The predicted molar refractivity (Wildman–Crippen MR) is 116 cm³/mol. The van der Waals surface area contributed by atoms with Crippen LogP contribution in [0.15, 0.2) is 52.3 Å². The average molecular weight is 499 g/mol. The number of esters is 2. The van der Waals surface area contributed by atoms with Crippen LogP contribution in [0.5, 0.6) is 0 Å². The summed E-state index contributed by atoms with van der Waals surface area (Å²) in [4.78, 5) is 23.4. The zero-order valence-corrected chi connectivity index (χ0v) is 19.4. The van der Waals surface area contributed by atoms with Gasteiger partial charge in [-0.05, 0) is 36.4 Å². The second kappa shape index (κ2) is 9.87. The summed E-state index contributed by atoms with van der Waals surface area (Å²) in [6.45, 7) is 0.888. The zero-order chi connectivity index (χ0) is 24.2. The third kappa shape index (κ3) is 5.33. The Hall–Kier alpha value is -3.00. The van der Waals surface area contributed by atoms with Crippen LogP contribution in [-0.4, -0.2) is 73.6 Å². The Morgan fingerprint density at radius 2 is 1.61 bits per heavy atom. The number of ether oxygens (including phenoxy) is 3. The van der Waals surface area contributed by atoms with Crippen LogP contribution in [0.25, 0.3) is 0 Å². The number of hydrogen-bond donors (Lipinski definition) is 1. The van der Waals surface area contributed by atoms with Gasteiger partial charge in [0.05, 0.1) is 49.1 Å². The summed E-state index contributed by atoms with van der Waals surface area (Å²) in [7, 11) is -6.09. The SMILES string of the molecule is COC(=O)c1ccc(C(=O)OC)c(S(=O)(=O)Nc2cccc(S(=O)(=O)N3CCOCC3)c2)c1. The van der Waals surface area contributed by atoms with E-state index in [-0.39, 0.29) is 48.0 Å². The van der Waals surface area contributed by atoms with Crippen molar-refractivity contribution < 1.29 is 40.6 Å². The number of carbonyl (C=O) groups excluding carboxylic acids is 2. The van der Waals surface area contributed by atoms with Crippen molar-refractivity contribution in [3.63, 3.8) is 0 Å². The molecular weight excluding hydrogens is 476 g/mol. The lowest BCUT2D eigenvalue weighted by atomic mass is 10.1. The lowest BCUT2D eigenvalue weighted by molar-refractivity contribution is 0.0583. The fourth-order valence-corrected chi connectivity index (χ4v) is 5.86. The zero-order valence-electron chi connectivity index (χ0n) is 17.8. The van der Waals surface area contributed by atoms with Gasteiger partial charge in [-0.2, -0.15) is 4.31 Å². The van der Waals surface area contributed by atoms with Gasteiger partial charge in [-0.1, -0.05) is 6.07 Å². The first-order valence-electron chi connectivity index (χ1n) is 9.61. The minimum absolute atomic E-state index is 0.0522. The van der Waals surface area contributed by atoms with Gasteiger partial charge in [0.2, 0.25) is 10.0 Å². The number of carbonyl (C=O) groups is 2. The molecule has 2 aromatic rings. The Morgan fingerprint density at radius 3 is 2.24 bits per heavy atom. The smallest absolute Gasteiger partial charge is 0.339 e. The first-order valence-corrected chi connectivity index (χ1v) is 12.5. The highest BCUT2D eigenvalue weighted by Crippen LogP contribution is 2.25. The van der Waals surface area contributed by atoms with Gasteiger partial charge in [-0.15, -0.1) is 0 Å². The highest BCUT2D eigenvalue weighted by atomic mass is 32.2. The summed E-state index contributed by atoms with van der Waals surface area (Å²) in [6, 6.07) is 8.60. The molecule has 0 aliphatic carbocycles. The van der Waals surface area contributed by atoms with E-state index >= 15 is 0 Å². The minimum atomic E-state index is -4.44. The van der Waals surface area contributed by atoms with E-state index in [2.05, 4.69) is 14.2 Å². The van der Waals surface area contributed by atoms with E-state index in [0.29, 0.717) is 0 Å². The van der Waals surface area contributed by atoms with Crippen molar-refractivity contribution in [2.75, 3.05) is 45.2 Å². The predicted octanol–water partition coefficient (Wildman–Crippen LogP) is 1.08. The Balaban J connectivity index is 1.99. The average Bonchev–Trinajstić information content (AvgIpc) is 2.83. The molecule has 33 heavy (non-hydrogen) atoms. The van der Waals surface area contributed by atoms with Gasteiger partial charge in [-0.3, -0.25) is 4.72 Å². The van der Waals surface area contributed by atoms with Gasteiger partial charge in [0.15, 0.2) is 0 Å². The van der Waals surface area contributed by atoms with Crippen molar-refractivity contribution in [2.24, 2.45) is 0 Å². The Bertz CT molecular complexity index is 1270. The molecular formula is C20H22N2O9S2. The quantitative estimate of drug-likeness (QED) is 0.554. The molecule has 0 amide bonds. The largest absolute Gasteiger partial charge is 0.465 e. The molecule has 0 saturated carbocycles. The lowest BCUT2D eigenvalue weighted by Crippen LogP contribution is -2.40. The molecule has 1 heterocycles. The van der Waals surface area contributed by atoms with E-state index in [0.717, 1.165) is 26.4 Å². The number of morpholine rings is 1. The molecule has 178 valence electrons. The molecule has 11 nitrogen and oxygen atoms in total. The number of rotatable bonds is 7. The number of hydrogen-bond acceptors (Lipinski definition) is 9. The number of benzene rings is 2. The van der Waals surface area contributed by atoms with Crippen LogP contribution in [0, 0.1) is 0 Å². The van der Waals surface area contributed by atoms with Crippen LogP contribution in [0.3, 0.4) is 0 Å². The van der Waals surface area contributed by atoms with Gasteiger partial charge in [0.25, 0.3) is 10.0 Å². The van der Waals surface area contributed by atoms with Crippen LogP contribution in [0.1, 0.15) is 20.7 Å². The van der Waals surface area contributed by atoms with E-state index in [4.69, 9.17) is 4.74 Å². The summed E-state index contributed by atoms with van der Waals surface area (Å²) >= 11 is 0. The van der Waals surface area contributed by atoms with Crippen molar-refractivity contribution in [2.45, 2.75) is 9.79 Å². The summed E-state index contributed by atoms with van der Waals surface area (Å²) in [5.41, 5.74) is -0.465. The van der Waals surface area contributed by atoms with Gasteiger partial charge in [-0.25, -0.2) is 26.4 Å². The monoisotopic (exact) mass is 498 g/mol. The van der Waals surface area contributed by atoms with Crippen LogP contribution in [0.4, 0.5) is 5.69 Å². The first-order chi connectivity index (χ1) is 15.6. The number of sulfonamides is 2. The van der Waals surface area contributed by atoms with Crippen molar-refractivity contribution in [3.05, 3.63) is 53.6 Å². The molecule has 0 radical (unpaired) electrons. The molecule has 1 fully saturated rings. The molecule has 1 aliphatic heterocycles. The third-order valence-electron chi connectivity index (χ3n) is 4.79. The molecule has 0 spiro atoms. The second-order valence-corrected chi connectivity index (χ2v) is 10.4. The van der Waals surface area contributed by atoms with Gasteiger partial charge in [0, 0.05) is 13.1 Å². The molecule has 0 aromatic heterocycles. The van der Waals surface area contributed by atoms with E-state index in [9.17, 15) is 26.4 Å². The second-order valence-electron chi connectivity index (χ2n) is 6.84. The van der Waals surface area contributed by atoms with E-state index in [1.165, 1.54) is 34.6 Å². The Morgan fingerprint density at radius 1 is 0.939 bits per heavy atom. The molecule has 0 atom stereocenters. The maximum Gasteiger partial charge on any atom is 0.339 e.